The van der Waals surface area contributed by atoms with Crippen LogP contribution < -0.4 is 0 Å². The largest absolute Gasteiger partial charge is 0.337 e. The van der Waals surface area contributed by atoms with Gasteiger partial charge in [0.2, 0.25) is 0 Å². The maximum absolute atomic E-state index is 9.53. The number of rotatable bonds is 2. The lowest BCUT2D eigenvalue weighted by Gasteiger charge is -2.21. The summed E-state index contributed by atoms with van der Waals surface area (Å²) in [4.78, 5) is 4.32. The van der Waals surface area contributed by atoms with E-state index in [1.165, 1.54) is 5.56 Å². The summed E-state index contributed by atoms with van der Waals surface area (Å²) in [7, 11) is 1.92. The number of nitrogens with zero attached hydrogens (tertiary/aromatic N) is 3. The Hall–Kier alpha value is -2.08. The van der Waals surface area contributed by atoms with E-state index in [0.717, 1.165) is 17.0 Å². The molecule has 0 bridgehead atoms. The average molecular weight is 267 g/mol. The number of aromatic nitrogens is 2. The molecule has 0 N–H and O–H groups in total. The molecule has 1 aromatic carbocycles. The first-order valence-corrected chi connectivity index (χ1v) is 6.82. The first kappa shape index (κ1) is 14.3. The van der Waals surface area contributed by atoms with E-state index in [0.29, 0.717) is 0 Å². The molecule has 0 amide bonds. The minimum Gasteiger partial charge on any atom is -0.337 e. The third kappa shape index (κ3) is 2.60. The van der Waals surface area contributed by atoms with E-state index in [1.54, 1.807) is 6.20 Å². The van der Waals surface area contributed by atoms with E-state index < -0.39 is 0 Å². The fourth-order valence-corrected chi connectivity index (χ4v) is 2.39. The van der Waals surface area contributed by atoms with Crippen molar-refractivity contribution in [2.24, 2.45) is 7.05 Å². The van der Waals surface area contributed by atoms with Crippen molar-refractivity contribution in [3.63, 3.8) is 0 Å². The normalized spacial score (nSPS) is 13.0. The van der Waals surface area contributed by atoms with Crippen LogP contribution in [0.1, 0.15) is 49.2 Å². The summed E-state index contributed by atoms with van der Waals surface area (Å²) in [6, 6.07) is 8.75. The number of hydrogen-bond acceptors (Lipinski definition) is 2. The van der Waals surface area contributed by atoms with Gasteiger partial charge in [0.05, 0.1) is 6.07 Å². The summed E-state index contributed by atoms with van der Waals surface area (Å²) >= 11 is 0. The maximum atomic E-state index is 9.53. The standard InChI is InChI=1S/C17H21N3/c1-12-10-13(17(2,3)4)6-7-14(12)15(11-18)16-19-8-9-20(16)5/h6-10,15H,1-5H3. The second-order valence-electron chi connectivity index (χ2n) is 6.28. The highest BCUT2D eigenvalue weighted by atomic mass is 15.0. The molecule has 1 unspecified atom stereocenters. The van der Waals surface area contributed by atoms with Crippen LogP contribution in [-0.2, 0) is 12.5 Å². The van der Waals surface area contributed by atoms with Gasteiger partial charge in [-0.05, 0) is 29.0 Å². The molecule has 104 valence electrons. The van der Waals surface area contributed by atoms with E-state index >= 15 is 0 Å². The smallest absolute Gasteiger partial charge is 0.130 e. The van der Waals surface area contributed by atoms with Gasteiger partial charge in [0, 0.05) is 19.4 Å². The van der Waals surface area contributed by atoms with Crippen molar-refractivity contribution in [3.8, 4) is 6.07 Å². The molecule has 0 aliphatic rings. The molecule has 0 aliphatic heterocycles. The van der Waals surface area contributed by atoms with E-state index in [4.69, 9.17) is 0 Å². The van der Waals surface area contributed by atoms with Crippen molar-refractivity contribution >= 4 is 0 Å². The highest BCUT2D eigenvalue weighted by Crippen LogP contribution is 2.29. The van der Waals surface area contributed by atoms with Crippen molar-refractivity contribution < 1.29 is 0 Å². The Morgan fingerprint density at radius 2 is 2.00 bits per heavy atom. The molecule has 1 aromatic heterocycles. The summed E-state index contributed by atoms with van der Waals surface area (Å²) in [6.45, 7) is 8.66. The zero-order valence-electron chi connectivity index (χ0n) is 12.8. The van der Waals surface area contributed by atoms with Crippen LogP contribution in [0.4, 0.5) is 0 Å². The Morgan fingerprint density at radius 1 is 1.30 bits per heavy atom. The minimum absolute atomic E-state index is 0.120. The highest BCUT2D eigenvalue weighted by molar-refractivity contribution is 5.42. The molecule has 3 heteroatoms. The van der Waals surface area contributed by atoms with Gasteiger partial charge in [0.25, 0.3) is 0 Å². The summed E-state index contributed by atoms with van der Waals surface area (Å²) < 4.78 is 1.91. The first-order chi connectivity index (χ1) is 9.34. The molecule has 0 saturated heterocycles. The predicted molar refractivity (Wildman–Crippen MR) is 80.5 cm³/mol. The van der Waals surface area contributed by atoms with E-state index in [1.807, 2.05) is 17.8 Å². The molecule has 3 nitrogen and oxygen atoms in total. The van der Waals surface area contributed by atoms with Gasteiger partial charge in [-0.1, -0.05) is 39.0 Å². The molecule has 2 rings (SSSR count). The first-order valence-electron chi connectivity index (χ1n) is 6.82. The number of nitriles is 1. The number of aryl methyl sites for hydroxylation is 2. The predicted octanol–water partition coefficient (Wildman–Crippen LogP) is 3.68. The molecule has 0 aliphatic carbocycles. The molecule has 0 saturated carbocycles. The summed E-state index contributed by atoms with van der Waals surface area (Å²) in [5.41, 5.74) is 3.59. The Morgan fingerprint density at radius 3 is 2.45 bits per heavy atom. The SMILES string of the molecule is Cc1cc(C(C)(C)C)ccc1C(C#N)c1nccn1C. The van der Waals surface area contributed by atoms with Crippen LogP contribution in [0.3, 0.4) is 0 Å². The van der Waals surface area contributed by atoms with Gasteiger partial charge in [0.1, 0.15) is 11.7 Å². The van der Waals surface area contributed by atoms with Crippen LogP contribution in [0.2, 0.25) is 0 Å². The van der Waals surface area contributed by atoms with Crippen LogP contribution in [-0.4, -0.2) is 9.55 Å². The Bertz CT molecular complexity index is 654. The molecule has 0 fully saturated rings. The monoisotopic (exact) mass is 267 g/mol. The lowest BCUT2D eigenvalue weighted by Crippen LogP contribution is -2.13. The number of hydrogen-bond donors (Lipinski definition) is 0. The highest BCUT2D eigenvalue weighted by Gasteiger charge is 2.21. The minimum atomic E-state index is -0.316. The summed E-state index contributed by atoms with van der Waals surface area (Å²) in [5, 5.41) is 9.53. The molecule has 20 heavy (non-hydrogen) atoms. The van der Waals surface area contributed by atoms with Crippen molar-refractivity contribution in [2.75, 3.05) is 0 Å². The molecule has 2 aromatic rings. The maximum Gasteiger partial charge on any atom is 0.130 e. The Labute approximate surface area is 120 Å². The second-order valence-corrected chi connectivity index (χ2v) is 6.28. The molecule has 0 radical (unpaired) electrons. The van der Waals surface area contributed by atoms with Gasteiger partial charge in [-0.15, -0.1) is 0 Å². The van der Waals surface area contributed by atoms with Crippen LogP contribution in [0.25, 0.3) is 0 Å². The van der Waals surface area contributed by atoms with Gasteiger partial charge < -0.3 is 4.57 Å². The topological polar surface area (TPSA) is 41.6 Å². The third-order valence-electron chi connectivity index (χ3n) is 3.69. The van der Waals surface area contributed by atoms with E-state index in [-0.39, 0.29) is 11.3 Å². The second kappa shape index (κ2) is 5.13. The van der Waals surface area contributed by atoms with Crippen molar-refractivity contribution in [2.45, 2.75) is 39.0 Å². The quantitative estimate of drug-likeness (QED) is 0.833. The van der Waals surface area contributed by atoms with Gasteiger partial charge in [0.15, 0.2) is 0 Å². The van der Waals surface area contributed by atoms with Gasteiger partial charge in [-0.2, -0.15) is 5.26 Å². The lowest BCUT2D eigenvalue weighted by atomic mass is 9.83. The lowest BCUT2D eigenvalue weighted by molar-refractivity contribution is 0.589. The zero-order valence-corrected chi connectivity index (χ0v) is 12.8. The molecule has 0 spiro atoms. The van der Waals surface area contributed by atoms with Crippen LogP contribution in [0.15, 0.2) is 30.6 Å². The van der Waals surface area contributed by atoms with Crippen molar-refractivity contribution in [3.05, 3.63) is 53.1 Å². The molecular formula is C17H21N3. The Kier molecular flexibility index (Phi) is 3.67. The average Bonchev–Trinajstić information content (AvgIpc) is 2.77. The molecule has 1 heterocycles. The molecular weight excluding hydrogens is 246 g/mol. The van der Waals surface area contributed by atoms with Crippen molar-refractivity contribution in [1.29, 1.82) is 5.26 Å². The third-order valence-corrected chi connectivity index (χ3v) is 3.69. The number of imidazole rings is 1. The summed E-state index contributed by atoms with van der Waals surface area (Å²) in [6.07, 6.45) is 3.61. The molecule has 1 atom stereocenters. The van der Waals surface area contributed by atoms with Crippen molar-refractivity contribution in [1.82, 2.24) is 9.55 Å². The van der Waals surface area contributed by atoms with Gasteiger partial charge in [-0.3, -0.25) is 0 Å². The fraction of sp³-hybridized carbons (Fsp3) is 0.412. The van der Waals surface area contributed by atoms with Crippen LogP contribution in [0.5, 0.6) is 0 Å². The fourth-order valence-electron chi connectivity index (χ4n) is 2.39. The Balaban J connectivity index is 2.48. The van der Waals surface area contributed by atoms with Gasteiger partial charge >= 0.3 is 0 Å². The number of benzene rings is 1. The van der Waals surface area contributed by atoms with Crippen LogP contribution in [0, 0.1) is 18.3 Å². The van der Waals surface area contributed by atoms with E-state index in [9.17, 15) is 5.26 Å². The zero-order chi connectivity index (χ0) is 14.9. The van der Waals surface area contributed by atoms with Gasteiger partial charge in [-0.25, -0.2) is 4.98 Å². The van der Waals surface area contributed by atoms with Crippen LogP contribution >= 0.6 is 0 Å². The van der Waals surface area contributed by atoms with E-state index in [2.05, 4.69) is 56.9 Å². The summed E-state index contributed by atoms with van der Waals surface area (Å²) in [5.74, 6) is 0.475.